The number of halogens is 1. The first-order valence-electron chi connectivity index (χ1n) is 7.37. The molecule has 2 aliphatic heterocycles. The van der Waals surface area contributed by atoms with Crippen LogP contribution >= 0.6 is 15.9 Å². The molecule has 0 aromatic heterocycles. The Morgan fingerprint density at radius 2 is 1.88 bits per heavy atom. The highest BCUT2D eigenvalue weighted by Crippen LogP contribution is 2.51. The summed E-state index contributed by atoms with van der Waals surface area (Å²) in [5.74, 6) is -0.000774. The number of fused-ring (bicyclic) bond motifs is 2. The van der Waals surface area contributed by atoms with Crippen LogP contribution in [0.5, 0.6) is 17.2 Å². The van der Waals surface area contributed by atoms with Crippen LogP contribution in [0.1, 0.15) is 11.1 Å². The summed E-state index contributed by atoms with van der Waals surface area (Å²) in [4.78, 5) is 14.2. The second kappa shape index (κ2) is 5.12. The van der Waals surface area contributed by atoms with Crippen LogP contribution < -0.4 is 14.4 Å². The topological polar surface area (TPSA) is 79.2 Å². The molecule has 1 atom stereocenters. The fourth-order valence-corrected chi connectivity index (χ4v) is 3.87. The van der Waals surface area contributed by atoms with Crippen molar-refractivity contribution in [1.82, 2.24) is 0 Å². The molecule has 6 nitrogen and oxygen atoms in total. The lowest BCUT2D eigenvalue weighted by atomic mass is 9.86. The van der Waals surface area contributed by atoms with Gasteiger partial charge in [-0.25, -0.2) is 0 Å². The molecule has 0 fully saturated rings. The van der Waals surface area contributed by atoms with E-state index in [9.17, 15) is 15.0 Å². The zero-order chi connectivity index (χ0) is 17.1. The van der Waals surface area contributed by atoms with Gasteiger partial charge >= 0.3 is 0 Å². The smallest absolute Gasteiger partial charge is 0.268 e. The summed E-state index contributed by atoms with van der Waals surface area (Å²) in [7, 11) is 1.58. The molecule has 4 rings (SSSR count). The van der Waals surface area contributed by atoms with E-state index in [0.29, 0.717) is 40.4 Å². The third-order valence-corrected chi connectivity index (χ3v) is 5.04. The predicted octanol–water partition coefficient (Wildman–Crippen LogP) is 2.14. The van der Waals surface area contributed by atoms with Gasteiger partial charge in [-0.3, -0.25) is 4.79 Å². The van der Waals surface area contributed by atoms with E-state index < -0.39 is 11.5 Å². The number of anilines is 1. The van der Waals surface area contributed by atoms with Gasteiger partial charge in [0, 0.05) is 28.7 Å². The first-order chi connectivity index (χ1) is 11.4. The Morgan fingerprint density at radius 1 is 1.21 bits per heavy atom. The number of nitrogens with zero attached hydrogens (tertiary/aromatic N) is 1. The number of phenols is 1. The lowest BCUT2D eigenvalue weighted by Gasteiger charge is -2.26. The average Bonchev–Trinajstić information content (AvgIpc) is 2.77. The number of amides is 1. The number of likely N-dealkylation sites (N-methyl/N-ethyl adjacent to an activating group) is 1. The highest BCUT2D eigenvalue weighted by atomic mass is 79.9. The van der Waals surface area contributed by atoms with Crippen LogP contribution in [-0.4, -0.2) is 36.4 Å². The van der Waals surface area contributed by atoms with Gasteiger partial charge in [-0.2, -0.15) is 0 Å². The molecule has 2 aromatic carbocycles. The van der Waals surface area contributed by atoms with Gasteiger partial charge in [0.25, 0.3) is 5.91 Å². The van der Waals surface area contributed by atoms with Gasteiger partial charge in [0.05, 0.1) is 5.69 Å². The first kappa shape index (κ1) is 15.3. The van der Waals surface area contributed by atoms with Crippen molar-refractivity contribution in [2.45, 2.75) is 5.60 Å². The predicted molar refractivity (Wildman–Crippen MR) is 89.6 cm³/mol. The van der Waals surface area contributed by atoms with E-state index in [1.54, 1.807) is 25.2 Å². The Labute approximate surface area is 146 Å². The van der Waals surface area contributed by atoms with Crippen LogP contribution in [0.15, 0.2) is 34.8 Å². The molecule has 1 amide bonds. The highest BCUT2D eigenvalue weighted by Gasteiger charge is 2.52. The summed E-state index contributed by atoms with van der Waals surface area (Å²) >= 11 is 3.40. The Hall–Kier alpha value is -2.25. The third kappa shape index (κ3) is 1.88. The van der Waals surface area contributed by atoms with Gasteiger partial charge in [0.1, 0.15) is 19.0 Å². The van der Waals surface area contributed by atoms with Crippen molar-refractivity contribution in [2.75, 3.05) is 25.2 Å². The van der Waals surface area contributed by atoms with E-state index in [1.807, 2.05) is 0 Å². The molecule has 124 valence electrons. The summed E-state index contributed by atoms with van der Waals surface area (Å²) in [5, 5.41) is 21.8. The summed E-state index contributed by atoms with van der Waals surface area (Å²) in [5.41, 5.74) is -0.978. The standard InChI is InChI=1S/C17H14BrNO5/c1-19-11-4-2-3-10(18)15(11)17(22,16(19)21)9-7-13-14(8-12(9)20)24-6-5-23-13/h2-4,7-8,20,22H,5-6H2,1H3. The summed E-state index contributed by atoms with van der Waals surface area (Å²) in [6.45, 7) is 0.746. The summed E-state index contributed by atoms with van der Waals surface area (Å²) in [6.07, 6.45) is 0. The van der Waals surface area contributed by atoms with E-state index >= 15 is 0 Å². The van der Waals surface area contributed by atoms with Crippen LogP contribution in [0, 0.1) is 0 Å². The molecule has 1 unspecified atom stereocenters. The van der Waals surface area contributed by atoms with Crippen molar-refractivity contribution in [3.8, 4) is 17.2 Å². The lowest BCUT2D eigenvalue weighted by molar-refractivity contribution is -0.132. The van der Waals surface area contributed by atoms with Crippen LogP contribution in [0.4, 0.5) is 5.69 Å². The van der Waals surface area contributed by atoms with Crippen molar-refractivity contribution in [1.29, 1.82) is 0 Å². The molecule has 2 aromatic rings. The Bertz CT molecular complexity index is 868. The number of carbonyl (C=O) groups is 1. The first-order valence-corrected chi connectivity index (χ1v) is 8.16. The quantitative estimate of drug-likeness (QED) is 0.778. The fourth-order valence-electron chi connectivity index (χ4n) is 3.23. The minimum Gasteiger partial charge on any atom is -0.507 e. The Kier molecular flexibility index (Phi) is 3.26. The number of phenolic OH excluding ortho intramolecular Hbond substituents is 1. The molecule has 2 aliphatic rings. The Balaban J connectivity index is 1.98. The van der Waals surface area contributed by atoms with Crippen LogP contribution in [0.25, 0.3) is 0 Å². The molecule has 0 bridgehead atoms. The monoisotopic (exact) mass is 391 g/mol. The number of aliphatic hydroxyl groups is 1. The molecule has 24 heavy (non-hydrogen) atoms. The minimum atomic E-state index is -2.01. The van der Waals surface area contributed by atoms with Gasteiger partial charge in [0.2, 0.25) is 5.60 Å². The van der Waals surface area contributed by atoms with Crippen molar-refractivity contribution >= 4 is 27.5 Å². The zero-order valence-electron chi connectivity index (χ0n) is 12.7. The minimum absolute atomic E-state index is 0.0641. The number of hydrogen-bond donors (Lipinski definition) is 2. The molecule has 0 aliphatic carbocycles. The van der Waals surface area contributed by atoms with Gasteiger partial charge in [-0.1, -0.05) is 22.0 Å². The van der Waals surface area contributed by atoms with Crippen molar-refractivity contribution in [2.24, 2.45) is 0 Å². The second-order valence-corrected chi connectivity index (χ2v) is 6.58. The third-order valence-electron chi connectivity index (χ3n) is 4.38. The lowest BCUT2D eigenvalue weighted by Crippen LogP contribution is -2.39. The molecule has 0 saturated carbocycles. The molecule has 7 heteroatoms. The molecule has 2 N–H and O–H groups in total. The van der Waals surface area contributed by atoms with Crippen molar-refractivity contribution < 1.29 is 24.5 Å². The molecule has 0 saturated heterocycles. The zero-order valence-corrected chi connectivity index (χ0v) is 14.3. The maximum atomic E-state index is 12.8. The maximum absolute atomic E-state index is 12.8. The van der Waals surface area contributed by atoms with Crippen LogP contribution in [0.2, 0.25) is 0 Å². The van der Waals surface area contributed by atoms with E-state index in [1.165, 1.54) is 17.0 Å². The SMILES string of the molecule is CN1C(=O)C(O)(c2cc3c(cc2O)OCCO3)c2c(Br)cccc21. The average molecular weight is 392 g/mol. The molecular weight excluding hydrogens is 378 g/mol. The van der Waals surface area contributed by atoms with Crippen LogP contribution in [0.3, 0.4) is 0 Å². The maximum Gasteiger partial charge on any atom is 0.268 e. The van der Waals surface area contributed by atoms with Gasteiger partial charge in [-0.15, -0.1) is 0 Å². The molecular formula is C17H14BrNO5. The van der Waals surface area contributed by atoms with E-state index in [-0.39, 0.29) is 11.3 Å². The van der Waals surface area contributed by atoms with E-state index in [2.05, 4.69) is 15.9 Å². The summed E-state index contributed by atoms with van der Waals surface area (Å²) in [6, 6.07) is 8.09. The largest absolute Gasteiger partial charge is 0.507 e. The van der Waals surface area contributed by atoms with Gasteiger partial charge in [0.15, 0.2) is 11.5 Å². The van der Waals surface area contributed by atoms with Crippen molar-refractivity contribution in [3.63, 3.8) is 0 Å². The highest BCUT2D eigenvalue weighted by molar-refractivity contribution is 9.10. The number of rotatable bonds is 1. The number of aromatic hydroxyl groups is 1. The second-order valence-electron chi connectivity index (χ2n) is 5.72. The van der Waals surface area contributed by atoms with Gasteiger partial charge < -0.3 is 24.6 Å². The number of ether oxygens (including phenoxy) is 2. The fraction of sp³-hybridized carbons (Fsp3) is 0.235. The van der Waals surface area contributed by atoms with Crippen molar-refractivity contribution in [3.05, 3.63) is 45.9 Å². The van der Waals surface area contributed by atoms with E-state index in [0.717, 1.165) is 0 Å². The Morgan fingerprint density at radius 3 is 2.58 bits per heavy atom. The normalized spacial score (nSPS) is 21.8. The number of benzene rings is 2. The molecule has 0 radical (unpaired) electrons. The van der Waals surface area contributed by atoms with Gasteiger partial charge in [-0.05, 0) is 18.2 Å². The molecule has 2 heterocycles. The number of carbonyl (C=O) groups excluding carboxylic acids is 1. The van der Waals surface area contributed by atoms with E-state index in [4.69, 9.17) is 9.47 Å². The summed E-state index contributed by atoms with van der Waals surface area (Å²) < 4.78 is 11.5. The molecule has 0 spiro atoms. The van der Waals surface area contributed by atoms with Crippen LogP contribution in [-0.2, 0) is 10.4 Å². The number of hydrogen-bond acceptors (Lipinski definition) is 5.